The van der Waals surface area contributed by atoms with Crippen LogP contribution in [0.15, 0.2) is 109 Å². The first-order chi connectivity index (χ1) is 34.4. The van der Waals surface area contributed by atoms with Crippen LogP contribution in [0, 0.1) is 0 Å². The number of esters is 1. The van der Waals surface area contributed by atoms with Gasteiger partial charge in [0, 0.05) is 12.8 Å². The van der Waals surface area contributed by atoms with Crippen LogP contribution in [0.5, 0.6) is 0 Å². The number of quaternary nitrogens is 1. The Kier molecular flexibility index (Phi) is 47.9. The van der Waals surface area contributed by atoms with Gasteiger partial charge in [0.2, 0.25) is 5.91 Å². The number of carbonyl (C=O) groups is 2. The van der Waals surface area contributed by atoms with E-state index in [0.717, 1.165) is 70.6 Å². The van der Waals surface area contributed by atoms with E-state index in [1.165, 1.54) is 96.3 Å². The molecule has 10 heteroatoms. The van der Waals surface area contributed by atoms with Crippen molar-refractivity contribution in [3.63, 3.8) is 0 Å². The number of hydrogen-bond acceptors (Lipinski definition) is 6. The molecule has 0 fully saturated rings. The quantitative estimate of drug-likeness (QED) is 0.0156. The molecule has 1 amide bonds. The van der Waals surface area contributed by atoms with Crippen LogP contribution in [-0.2, 0) is 27.9 Å². The number of amides is 1. The van der Waals surface area contributed by atoms with Gasteiger partial charge in [-0.25, -0.2) is 4.57 Å². The third-order valence-electron chi connectivity index (χ3n) is 11.9. The van der Waals surface area contributed by atoms with Gasteiger partial charge in [0.05, 0.1) is 33.8 Å². The maximum Gasteiger partial charge on any atom is 0.472 e. The van der Waals surface area contributed by atoms with Gasteiger partial charge in [-0.05, 0) is 76.7 Å². The zero-order valence-corrected chi connectivity index (χ0v) is 47.1. The maximum atomic E-state index is 13.5. The highest BCUT2D eigenvalue weighted by atomic mass is 31.2. The Morgan fingerprint density at radius 2 is 0.901 bits per heavy atom. The summed E-state index contributed by atoms with van der Waals surface area (Å²) in [5.74, 6) is -0.596. The molecule has 2 N–H and O–H groups in total. The Morgan fingerprint density at radius 1 is 0.507 bits per heavy atom. The van der Waals surface area contributed by atoms with E-state index in [9.17, 15) is 19.0 Å². The maximum absolute atomic E-state index is 13.5. The highest BCUT2D eigenvalue weighted by molar-refractivity contribution is 7.47. The molecule has 0 radical (unpaired) electrons. The minimum absolute atomic E-state index is 0.0217. The molecule has 3 atom stereocenters. The third kappa shape index (κ3) is 51.4. The fourth-order valence-electron chi connectivity index (χ4n) is 7.49. The molecule has 0 bridgehead atoms. The first-order valence-corrected chi connectivity index (χ1v) is 29.8. The lowest BCUT2D eigenvalue weighted by Crippen LogP contribution is -2.47. The molecule has 0 aliphatic carbocycles. The minimum Gasteiger partial charge on any atom is -0.456 e. The second kappa shape index (κ2) is 50.2. The predicted molar refractivity (Wildman–Crippen MR) is 304 cm³/mol. The van der Waals surface area contributed by atoms with Gasteiger partial charge in [-0.15, -0.1) is 0 Å². The fraction of sp³-hybridized carbons (Fsp3) is 0.672. The van der Waals surface area contributed by atoms with E-state index in [0.29, 0.717) is 23.9 Å². The number of nitrogens with zero attached hydrogens (tertiary/aromatic N) is 1. The SMILES string of the molecule is CC\C=C/C=C/C=C/C=C\C=C\C=C\CCCCCC(=O)OC(/C=C/CCCCCCCCCCCC)C(COP(=O)(O)OCC[N+](C)(C)C)NC(=O)CCCCC/C=C/C=C/CCCCCCCCC. The molecule has 0 aliphatic heterocycles. The summed E-state index contributed by atoms with van der Waals surface area (Å²) in [6.07, 6.45) is 68.0. The number of phosphoric ester groups is 1. The van der Waals surface area contributed by atoms with Crippen molar-refractivity contribution in [2.45, 2.75) is 226 Å². The molecule has 9 nitrogen and oxygen atoms in total. The van der Waals surface area contributed by atoms with E-state index in [4.69, 9.17) is 13.8 Å². The Morgan fingerprint density at radius 3 is 1.37 bits per heavy atom. The summed E-state index contributed by atoms with van der Waals surface area (Å²) in [7, 11) is 1.43. The second-order valence-electron chi connectivity index (χ2n) is 19.9. The monoisotopic (exact) mass is 1010 g/mol. The van der Waals surface area contributed by atoms with E-state index >= 15 is 0 Å². The number of rotatable bonds is 49. The van der Waals surface area contributed by atoms with E-state index in [-0.39, 0.29) is 37.9 Å². The van der Waals surface area contributed by atoms with Gasteiger partial charge in [-0.2, -0.15) is 0 Å². The van der Waals surface area contributed by atoms with Crippen LogP contribution in [0.1, 0.15) is 213 Å². The van der Waals surface area contributed by atoms with Crippen molar-refractivity contribution < 1.29 is 37.3 Å². The Bertz CT molecular complexity index is 1580. The van der Waals surface area contributed by atoms with Crippen molar-refractivity contribution >= 4 is 19.7 Å². The average Bonchev–Trinajstić information content (AvgIpc) is 3.33. The number of unbranched alkanes of at least 4 members (excludes halogenated alkanes) is 23. The number of carbonyl (C=O) groups excluding carboxylic acids is 2. The first-order valence-electron chi connectivity index (χ1n) is 28.3. The fourth-order valence-corrected chi connectivity index (χ4v) is 8.23. The minimum atomic E-state index is -4.47. The molecule has 0 spiro atoms. The molecule has 0 heterocycles. The average molecular weight is 1010 g/mol. The zero-order chi connectivity index (χ0) is 52.2. The van der Waals surface area contributed by atoms with E-state index < -0.39 is 20.0 Å². The molecule has 406 valence electrons. The number of nitrogens with one attached hydrogen (secondary N) is 1. The summed E-state index contributed by atoms with van der Waals surface area (Å²) in [6.45, 7) is 6.78. The van der Waals surface area contributed by atoms with Crippen LogP contribution in [0.2, 0.25) is 0 Å². The van der Waals surface area contributed by atoms with E-state index in [1.54, 1.807) is 0 Å². The van der Waals surface area contributed by atoms with Crippen LogP contribution < -0.4 is 5.32 Å². The Hall–Kier alpha value is -3.33. The van der Waals surface area contributed by atoms with Crippen LogP contribution in [0.3, 0.4) is 0 Å². The molecule has 71 heavy (non-hydrogen) atoms. The van der Waals surface area contributed by atoms with Gasteiger partial charge in [0.25, 0.3) is 0 Å². The largest absolute Gasteiger partial charge is 0.472 e. The number of allylic oxidation sites excluding steroid dienone is 17. The summed E-state index contributed by atoms with van der Waals surface area (Å²) >= 11 is 0. The highest BCUT2D eigenvalue weighted by Crippen LogP contribution is 2.43. The van der Waals surface area contributed by atoms with Crippen LogP contribution in [0.25, 0.3) is 0 Å². The van der Waals surface area contributed by atoms with Crippen molar-refractivity contribution in [3.05, 3.63) is 109 Å². The highest BCUT2D eigenvalue weighted by Gasteiger charge is 2.30. The van der Waals surface area contributed by atoms with E-state index in [1.807, 2.05) is 94.1 Å². The van der Waals surface area contributed by atoms with Crippen molar-refractivity contribution in [2.24, 2.45) is 0 Å². The van der Waals surface area contributed by atoms with Crippen molar-refractivity contribution in [1.29, 1.82) is 0 Å². The summed E-state index contributed by atoms with van der Waals surface area (Å²) in [5, 5.41) is 3.02. The molecule has 0 saturated heterocycles. The molecule has 3 unspecified atom stereocenters. The smallest absolute Gasteiger partial charge is 0.456 e. The number of likely N-dealkylation sites (N-methyl/N-ethyl adjacent to an activating group) is 1. The normalized spacial score (nSPS) is 14.6. The lowest BCUT2D eigenvalue weighted by molar-refractivity contribution is -0.870. The van der Waals surface area contributed by atoms with E-state index in [2.05, 4.69) is 62.5 Å². The lowest BCUT2D eigenvalue weighted by Gasteiger charge is -2.27. The van der Waals surface area contributed by atoms with Gasteiger partial charge >= 0.3 is 13.8 Å². The Balaban J connectivity index is 5.52. The number of hydrogen-bond donors (Lipinski definition) is 2. The molecule has 0 aromatic heterocycles. The van der Waals surface area contributed by atoms with Gasteiger partial charge < -0.3 is 19.4 Å². The van der Waals surface area contributed by atoms with Gasteiger partial charge in [-0.1, -0.05) is 233 Å². The number of phosphoric acid groups is 1. The van der Waals surface area contributed by atoms with Gasteiger partial charge in [0.1, 0.15) is 19.3 Å². The van der Waals surface area contributed by atoms with Gasteiger partial charge in [-0.3, -0.25) is 18.6 Å². The molecule has 0 saturated carbocycles. The molecule has 0 aromatic rings. The zero-order valence-electron chi connectivity index (χ0n) is 46.2. The molecular formula is C61H106N2O7P+. The van der Waals surface area contributed by atoms with Crippen LogP contribution >= 0.6 is 7.82 Å². The first kappa shape index (κ1) is 67.7. The van der Waals surface area contributed by atoms with Crippen molar-refractivity contribution in [3.8, 4) is 0 Å². The summed E-state index contributed by atoms with van der Waals surface area (Å²) in [6, 6.07) is -0.887. The lowest BCUT2D eigenvalue weighted by atomic mass is 10.1. The molecule has 0 aromatic carbocycles. The summed E-state index contributed by atoms with van der Waals surface area (Å²) in [4.78, 5) is 37.5. The molecule has 0 rings (SSSR count). The third-order valence-corrected chi connectivity index (χ3v) is 12.9. The number of ether oxygens (including phenoxy) is 1. The van der Waals surface area contributed by atoms with Crippen LogP contribution in [-0.4, -0.2) is 74.3 Å². The topological polar surface area (TPSA) is 111 Å². The van der Waals surface area contributed by atoms with Gasteiger partial charge in [0.15, 0.2) is 0 Å². The molecular weight excluding hydrogens is 904 g/mol. The standard InChI is InChI=1S/C61H105N2O7P/c1-7-10-13-16-19-22-25-28-30-32-34-36-39-42-45-48-51-54-61(65)70-59(52-49-46-43-40-37-27-24-21-18-15-12-9-3)58(57-69-71(66,67)68-56-55-63(4,5)6)62-60(64)53-50-47-44-41-38-35-33-31-29-26-23-20-17-14-11-8-2/h10,13,16,19,22,25,28,30-36,38-39,49,52,58-59H,7-9,11-12,14-15,17-18,20-21,23-24,26-27,29,37,40-48,50-51,53-57H2,1-6H3,(H-,62,64,66,67)/p+1/b13-10-,19-16+,25-22+,30-28-,33-31+,34-32+,38-35+,39-36+,52-49+. The van der Waals surface area contributed by atoms with Crippen molar-refractivity contribution in [1.82, 2.24) is 5.32 Å². The second-order valence-corrected chi connectivity index (χ2v) is 21.4. The summed E-state index contributed by atoms with van der Waals surface area (Å²) < 4.78 is 30.5. The predicted octanol–water partition coefficient (Wildman–Crippen LogP) is 17.0. The van der Waals surface area contributed by atoms with Crippen LogP contribution in [0.4, 0.5) is 0 Å². The van der Waals surface area contributed by atoms with Crippen molar-refractivity contribution in [2.75, 3.05) is 40.9 Å². The summed E-state index contributed by atoms with van der Waals surface area (Å²) in [5.41, 5.74) is 0. The Labute approximate surface area is 436 Å². The molecule has 0 aliphatic rings.